The van der Waals surface area contributed by atoms with E-state index >= 15 is 0 Å². The Kier molecular flexibility index (Phi) is 9.07. The zero-order chi connectivity index (χ0) is 19.5. The highest BCUT2D eigenvalue weighted by atomic mass is 32.1. The molecule has 4 N–H and O–H groups in total. The number of hydrazine groups is 1. The Morgan fingerprint density at radius 1 is 1.04 bits per heavy atom. The largest absolute Gasteiger partial charge is 0.494 e. The average Bonchev–Trinajstić information content (AvgIpc) is 2.60. The minimum Gasteiger partial charge on any atom is -0.494 e. The number of ether oxygens (including phenoxy) is 1. The molecule has 0 aliphatic carbocycles. The predicted octanol–water partition coefficient (Wildman–Crippen LogP) is 1.48. The summed E-state index contributed by atoms with van der Waals surface area (Å²) in [5.41, 5.74) is 5.36. The van der Waals surface area contributed by atoms with Gasteiger partial charge in [-0.3, -0.25) is 25.2 Å². The third kappa shape index (κ3) is 8.43. The van der Waals surface area contributed by atoms with Gasteiger partial charge in [-0.15, -0.1) is 0 Å². The minimum atomic E-state index is -0.423. The molecule has 1 rings (SSSR count). The number of rotatable bonds is 7. The van der Waals surface area contributed by atoms with Crippen molar-refractivity contribution in [1.82, 2.24) is 16.2 Å². The predicted molar refractivity (Wildman–Crippen MR) is 102 cm³/mol. The molecule has 142 valence electrons. The average molecular weight is 380 g/mol. The van der Waals surface area contributed by atoms with Crippen LogP contribution in [0, 0.1) is 5.92 Å². The molecule has 8 nitrogen and oxygen atoms in total. The van der Waals surface area contributed by atoms with E-state index in [0.29, 0.717) is 12.3 Å². The van der Waals surface area contributed by atoms with Crippen LogP contribution in [-0.2, 0) is 14.4 Å². The van der Waals surface area contributed by atoms with Crippen molar-refractivity contribution in [1.29, 1.82) is 0 Å². The molecule has 0 aromatic heterocycles. The van der Waals surface area contributed by atoms with Gasteiger partial charge in [0.05, 0.1) is 6.61 Å². The van der Waals surface area contributed by atoms with Gasteiger partial charge in [-0.05, 0) is 43.4 Å². The van der Waals surface area contributed by atoms with Crippen LogP contribution in [0.2, 0.25) is 0 Å². The molecule has 0 heterocycles. The van der Waals surface area contributed by atoms with Gasteiger partial charge in [-0.25, -0.2) is 0 Å². The van der Waals surface area contributed by atoms with E-state index in [1.807, 2.05) is 6.92 Å². The van der Waals surface area contributed by atoms with Gasteiger partial charge in [-0.2, -0.15) is 0 Å². The Morgan fingerprint density at radius 3 is 2.23 bits per heavy atom. The highest BCUT2D eigenvalue weighted by Gasteiger charge is 2.10. The van der Waals surface area contributed by atoms with E-state index in [9.17, 15) is 14.4 Å². The molecule has 9 heteroatoms. The molecule has 0 aliphatic rings. The molecule has 0 bridgehead atoms. The van der Waals surface area contributed by atoms with Crippen molar-refractivity contribution in [3.05, 3.63) is 24.3 Å². The summed E-state index contributed by atoms with van der Waals surface area (Å²) < 4.78 is 5.32. The van der Waals surface area contributed by atoms with Crippen molar-refractivity contribution >= 4 is 40.7 Å². The van der Waals surface area contributed by atoms with Crippen LogP contribution in [0.5, 0.6) is 5.75 Å². The van der Waals surface area contributed by atoms with Crippen molar-refractivity contribution < 1.29 is 19.1 Å². The molecule has 0 atom stereocenters. The summed E-state index contributed by atoms with van der Waals surface area (Å²) in [6, 6.07) is 6.95. The monoisotopic (exact) mass is 380 g/mol. The maximum atomic E-state index is 11.9. The number of amides is 3. The smallest absolute Gasteiger partial charge is 0.238 e. The standard InChI is InChI=1S/C17H24N4O4S/c1-4-25-13-7-5-12(6-8-13)18-14(22)9-10-15(23)20-21-17(26)19-16(24)11(2)3/h5-8,11H,4,9-10H2,1-3H3,(H,18,22)(H,20,23)(H2,19,21,24,26). The van der Waals surface area contributed by atoms with Crippen LogP contribution in [0.1, 0.15) is 33.6 Å². The molecule has 0 radical (unpaired) electrons. The summed E-state index contributed by atoms with van der Waals surface area (Å²) in [4.78, 5) is 35.0. The van der Waals surface area contributed by atoms with Crippen molar-refractivity contribution in [3.8, 4) is 5.75 Å². The summed E-state index contributed by atoms with van der Waals surface area (Å²) >= 11 is 4.87. The molecule has 0 saturated heterocycles. The number of carbonyl (C=O) groups is 3. The Labute approximate surface area is 158 Å². The lowest BCUT2D eigenvalue weighted by molar-refractivity contribution is -0.125. The second-order valence-corrected chi connectivity index (χ2v) is 6.06. The summed E-state index contributed by atoms with van der Waals surface area (Å²) in [5.74, 6) is -0.479. The molecule has 3 amide bonds. The highest BCUT2D eigenvalue weighted by Crippen LogP contribution is 2.15. The van der Waals surface area contributed by atoms with Gasteiger partial charge >= 0.3 is 0 Å². The fourth-order valence-electron chi connectivity index (χ4n) is 1.73. The van der Waals surface area contributed by atoms with Crippen molar-refractivity contribution in [2.24, 2.45) is 5.92 Å². The van der Waals surface area contributed by atoms with Crippen LogP contribution in [0.3, 0.4) is 0 Å². The Hall–Kier alpha value is -2.68. The third-order valence-electron chi connectivity index (χ3n) is 3.10. The summed E-state index contributed by atoms with van der Waals surface area (Å²) in [6.07, 6.45) is -0.0254. The van der Waals surface area contributed by atoms with E-state index in [2.05, 4.69) is 21.5 Å². The summed E-state index contributed by atoms with van der Waals surface area (Å²) in [7, 11) is 0. The topological polar surface area (TPSA) is 109 Å². The lowest BCUT2D eigenvalue weighted by Gasteiger charge is -2.12. The molecule has 26 heavy (non-hydrogen) atoms. The molecule has 1 aromatic carbocycles. The number of thiocarbonyl (C=S) groups is 1. The van der Waals surface area contributed by atoms with Gasteiger partial charge in [0.15, 0.2) is 5.11 Å². The van der Waals surface area contributed by atoms with Crippen LogP contribution >= 0.6 is 12.2 Å². The first-order valence-electron chi connectivity index (χ1n) is 8.24. The number of nitrogens with one attached hydrogen (secondary N) is 4. The summed E-state index contributed by atoms with van der Waals surface area (Å²) in [6.45, 7) is 5.90. The minimum absolute atomic E-state index is 0.00381. The van der Waals surface area contributed by atoms with Crippen molar-refractivity contribution in [2.75, 3.05) is 11.9 Å². The third-order valence-corrected chi connectivity index (χ3v) is 3.31. The number of hydrogen-bond donors (Lipinski definition) is 4. The Bertz CT molecular complexity index is 647. The number of anilines is 1. The second kappa shape index (κ2) is 11.0. The van der Waals surface area contributed by atoms with E-state index in [1.165, 1.54) is 0 Å². The first kappa shape index (κ1) is 21.4. The number of carbonyl (C=O) groups excluding carboxylic acids is 3. The van der Waals surface area contributed by atoms with Crippen LogP contribution in [0.4, 0.5) is 5.69 Å². The van der Waals surface area contributed by atoms with Crippen LogP contribution in [0.25, 0.3) is 0 Å². The normalized spacial score (nSPS) is 10.0. The van der Waals surface area contributed by atoms with Crippen molar-refractivity contribution in [2.45, 2.75) is 33.6 Å². The Balaban J connectivity index is 2.28. The van der Waals surface area contributed by atoms with E-state index < -0.39 is 5.91 Å². The quantitative estimate of drug-likeness (QED) is 0.422. The lowest BCUT2D eigenvalue weighted by Crippen LogP contribution is -2.49. The van der Waals surface area contributed by atoms with Gasteiger partial charge in [0, 0.05) is 24.4 Å². The van der Waals surface area contributed by atoms with Crippen LogP contribution < -0.4 is 26.2 Å². The fourth-order valence-corrected chi connectivity index (χ4v) is 1.88. The van der Waals surface area contributed by atoms with Gasteiger partial charge in [-0.1, -0.05) is 13.8 Å². The lowest BCUT2D eigenvalue weighted by atomic mass is 10.2. The zero-order valence-corrected chi connectivity index (χ0v) is 15.9. The molecule has 1 aromatic rings. The van der Waals surface area contributed by atoms with E-state index in [1.54, 1.807) is 38.1 Å². The van der Waals surface area contributed by atoms with Crippen LogP contribution in [-0.4, -0.2) is 29.4 Å². The first-order valence-corrected chi connectivity index (χ1v) is 8.65. The Morgan fingerprint density at radius 2 is 1.65 bits per heavy atom. The van der Waals surface area contributed by atoms with E-state index in [0.717, 1.165) is 5.75 Å². The highest BCUT2D eigenvalue weighted by molar-refractivity contribution is 7.80. The SMILES string of the molecule is CCOc1ccc(NC(=O)CCC(=O)NNC(=S)NC(=O)C(C)C)cc1. The molecule has 0 fully saturated rings. The molecule has 0 spiro atoms. The number of hydrogen-bond acceptors (Lipinski definition) is 5. The molecule has 0 aliphatic heterocycles. The second-order valence-electron chi connectivity index (χ2n) is 5.65. The number of benzene rings is 1. The maximum absolute atomic E-state index is 11.9. The molecular formula is C17H24N4O4S. The first-order chi connectivity index (χ1) is 12.3. The zero-order valence-electron chi connectivity index (χ0n) is 15.0. The van der Waals surface area contributed by atoms with E-state index in [-0.39, 0.29) is 35.7 Å². The van der Waals surface area contributed by atoms with Gasteiger partial charge < -0.3 is 15.4 Å². The van der Waals surface area contributed by atoms with E-state index in [4.69, 9.17) is 17.0 Å². The van der Waals surface area contributed by atoms with Gasteiger partial charge in [0.2, 0.25) is 17.7 Å². The molecule has 0 unspecified atom stereocenters. The van der Waals surface area contributed by atoms with Crippen molar-refractivity contribution in [3.63, 3.8) is 0 Å². The summed E-state index contributed by atoms with van der Waals surface area (Å²) in [5, 5.41) is 5.11. The van der Waals surface area contributed by atoms with Crippen LogP contribution in [0.15, 0.2) is 24.3 Å². The van der Waals surface area contributed by atoms with Gasteiger partial charge in [0.1, 0.15) is 5.75 Å². The van der Waals surface area contributed by atoms with Gasteiger partial charge in [0.25, 0.3) is 0 Å². The molecule has 0 saturated carbocycles. The molecular weight excluding hydrogens is 356 g/mol. The fraction of sp³-hybridized carbons (Fsp3) is 0.412. The maximum Gasteiger partial charge on any atom is 0.238 e.